The number of nitrogens with zero attached hydrogens (tertiary/aromatic N) is 3. The number of aryl methyl sites for hydroxylation is 1. The Bertz CT molecular complexity index is 738. The number of sulfonamides is 1. The van der Waals surface area contributed by atoms with Gasteiger partial charge in [0.2, 0.25) is 10.0 Å². The fourth-order valence-electron chi connectivity index (χ4n) is 3.98. The quantitative estimate of drug-likeness (QED) is 0.809. The van der Waals surface area contributed by atoms with Gasteiger partial charge in [0, 0.05) is 39.5 Å². The zero-order chi connectivity index (χ0) is 18.8. The number of carbonyl (C=O) groups excluding carboxylic acids is 1. The van der Waals surface area contributed by atoms with Crippen LogP contribution in [0, 0.1) is 5.92 Å². The summed E-state index contributed by atoms with van der Waals surface area (Å²) in [6, 6.07) is 0. The van der Waals surface area contributed by atoms with E-state index in [1.807, 2.05) is 11.9 Å². The standard InChI is InChI=1S/C17H28N4O4S/c1-20-12-15(18-13-20)16(22)21-8-5-17(6-9-21)11-14(4-10-25-17)3-7-19-26(2,23)24/h12-14,19H,3-11H2,1-2H3. The molecule has 1 aromatic rings. The van der Waals surface area contributed by atoms with Crippen LogP contribution in [0.3, 0.4) is 0 Å². The Labute approximate surface area is 155 Å². The van der Waals surface area contributed by atoms with Crippen LogP contribution in [-0.2, 0) is 21.8 Å². The first-order valence-electron chi connectivity index (χ1n) is 9.12. The molecule has 0 saturated carbocycles. The molecule has 26 heavy (non-hydrogen) atoms. The van der Waals surface area contributed by atoms with Crippen molar-refractivity contribution in [2.24, 2.45) is 13.0 Å². The van der Waals surface area contributed by atoms with Gasteiger partial charge in [0.15, 0.2) is 0 Å². The van der Waals surface area contributed by atoms with Gasteiger partial charge in [-0.05, 0) is 38.0 Å². The minimum Gasteiger partial charge on any atom is -0.375 e. The number of aromatic nitrogens is 2. The maximum absolute atomic E-state index is 12.5. The molecule has 2 aliphatic rings. The second kappa shape index (κ2) is 7.66. The lowest BCUT2D eigenvalue weighted by molar-refractivity contribution is -0.124. The smallest absolute Gasteiger partial charge is 0.274 e. The molecular formula is C17H28N4O4S. The highest BCUT2D eigenvalue weighted by Gasteiger charge is 2.41. The van der Waals surface area contributed by atoms with Gasteiger partial charge in [0.1, 0.15) is 5.69 Å². The first kappa shape index (κ1) is 19.3. The monoisotopic (exact) mass is 384 g/mol. The van der Waals surface area contributed by atoms with E-state index in [4.69, 9.17) is 4.74 Å². The summed E-state index contributed by atoms with van der Waals surface area (Å²) in [5.74, 6) is 0.432. The van der Waals surface area contributed by atoms with E-state index < -0.39 is 10.0 Å². The lowest BCUT2D eigenvalue weighted by Gasteiger charge is -2.46. The van der Waals surface area contributed by atoms with E-state index >= 15 is 0 Å². The van der Waals surface area contributed by atoms with Gasteiger partial charge in [-0.1, -0.05) is 0 Å². The Kier molecular flexibility index (Phi) is 5.69. The lowest BCUT2D eigenvalue weighted by atomic mass is 9.78. The minimum atomic E-state index is -3.13. The molecule has 8 nitrogen and oxygen atoms in total. The highest BCUT2D eigenvalue weighted by molar-refractivity contribution is 7.88. The van der Waals surface area contributed by atoms with Gasteiger partial charge in [0.25, 0.3) is 5.91 Å². The van der Waals surface area contributed by atoms with Crippen molar-refractivity contribution in [1.82, 2.24) is 19.2 Å². The van der Waals surface area contributed by atoms with Crippen LogP contribution in [-0.4, -0.2) is 66.9 Å². The van der Waals surface area contributed by atoms with Crippen molar-refractivity contribution >= 4 is 15.9 Å². The number of hydrogen-bond acceptors (Lipinski definition) is 5. The average molecular weight is 385 g/mol. The molecule has 1 aromatic heterocycles. The van der Waals surface area contributed by atoms with Crippen LogP contribution in [0.4, 0.5) is 0 Å². The third kappa shape index (κ3) is 4.83. The molecule has 2 saturated heterocycles. The van der Waals surface area contributed by atoms with Crippen LogP contribution in [0.1, 0.15) is 42.6 Å². The number of rotatable bonds is 5. The van der Waals surface area contributed by atoms with Crippen LogP contribution in [0.5, 0.6) is 0 Å². The Morgan fingerprint density at radius 2 is 2.15 bits per heavy atom. The summed E-state index contributed by atoms with van der Waals surface area (Å²) in [6.45, 7) is 2.52. The second-order valence-electron chi connectivity index (χ2n) is 7.56. The maximum Gasteiger partial charge on any atom is 0.274 e. The molecule has 146 valence electrons. The normalized spacial score (nSPS) is 23.3. The predicted octanol–water partition coefficient (Wildman–Crippen LogP) is 0.761. The van der Waals surface area contributed by atoms with Crippen molar-refractivity contribution in [2.45, 2.75) is 37.7 Å². The van der Waals surface area contributed by atoms with Crippen LogP contribution in [0.25, 0.3) is 0 Å². The summed E-state index contributed by atoms with van der Waals surface area (Å²) >= 11 is 0. The molecule has 1 N–H and O–H groups in total. The fourth-order valence-corrected chi connectivity index (χ4v) is 4.46. The molecule has 0 aromatic carbocycles. The van der Waals surface area contributed by atoms with Gasteiger partial charge >= 0.3 is 0 Å². The Balaban J connectivity index is 1.51. The number of hydrogen-bond donors (Lipinski definition) is 1. The van der Waals surface area contributed by atoms with E-state index in [1.165, 1.54) is 6.26 Å². The minimum absolute atomic E-state index is 0.0230. The summed E-state index contributed by atoms with van der Waals surface area (Å²) in [5, 5.41) is 0. The molecule has 1 spiro atoms. The van der Waals surface area contributed by atoms with Crippen LogP contribution in [0.15, 0.2) is 12.5 Å². The van der Waals surface area contributed by atoms with Crippen LogP contribution < -0.4 is 4.72 Å². The van der Waals surface area contributed by atoms with Gasteiger partial charge in [0.05, 0.1) is 18.2 Å². The van der Waals surface area contributed by atoms with E-state index in [-0.39, 0.29) is 11.5 Å². The molecular weight excluding hydrogens is 356 g/mol. The highest BCUT2D eigenvalue weighted by Crippen LogP contribution is 2.38. The largest absolute Gasteiger partial charge is 0.375 e. The van der Waals surface area contributed by atoms with E-state index in [0.29, 0.717) is 37.9 Å². The van der Waals surface area contributed by atoms with E-state index in [1.54, 1.807) is 17.1 Å². The maximum atomic E-state index is 12.5. The first-order chi connectivity index (χ1) is 12.3. The highest BCUT2D eigenvalue weighted by atomic mass is 32.2. The second-order valence-corrected chi connectivity index (χ2v) is 9.40. The van der Waals surface area contributed by atoms with Gasteiger partial charge in [-0.15, -0.1) is 0 Å². The average Bonchev–Trinajstić information content (AvgIpc) is 3.00. The molecule has 2 aliphatic heterocycles. The van der Waals surface area contributed by atoms with Crippen molar-refractivity contribution in [3.63, 3.8) is 0 Å². The third-order valence-electron chi connectivity index (χ3n) is 5.40. The van der Waals surface area contributed by atoms with Crippen molar-refractivity contribution < 1.29 is 17.9 Å². The molecule has 3 rings (SSSR count). The van der Waals surface area contributed by atoms with E-state index in [2.05, 4.69) is 9.71 Å². The molecule has 3 heterocycles. The van der Waals surface area contributed by atoms with Crippen LogP contribution in [0.2, 0.25) is 0 Å². The topological polar surface area (TPSA) is 93.5 Å². The Morgan fingerprint density at radius 3 is 2.77 bits per heavy atom. The van der Waals surface area contributed by atoms with Gasteiger partial charge in [-0.2, -0.15) is 0 Å². The number of carbonyl (C=O) groups is 1. The predicted molar refractivity (Wildman–Crippen MR) is 97.2 cm³/mol. The van der Waals surface area contributed by atoms with Gasteiger partial charge in [-0.25, -0.2) is 18.1 Å². The number of piperidine rings is 1. The zero-order valence-corrected chi connectivity index (χ0v) is 16.3. The summed E-state index contributed by atoms with van der Waals surface area (Å²) < 4.78 is 32.9. The first-order valence-corrected chi connectivity index (χ1v) is 11.0. The Morgan fingerprint density at radius 1 is 1.42 bits per heavy atom. The number of nitrogens with one attached hydrogen (secondary N) is 1. The fraction of sp³-hybridized carbons (Fsp3) is 0.765. The molecule has 0 radical (unpaired) electrons. The summed E-state index contributed by atoms with van der Waals surface area (Å²) in [4.78, 5) is 18.5. The summed E-state index contributed by atoms with van der Waals surface area (Å²) in [6.07, 6.45) is 8.94. The van der Waals surface area contributed by atoms with Crippen molar-refractivity contribution in [1.29, 1.82) is 0 Å². The van der Waals surface area contributed by atoms with E-state index in [0.717, 1.165) is 32.1 Å². The number of likely N-dealkylation sites (tertiary alicyclic amines) is 1. The Hall–Kier alpha value is -1.45. The zero-order valence-electron chi connectivity index (χ0n) is 15.5. The molecule has 2 fully saturated rings. The third-order valence-corrected chi connectivity index (χ3v) is 6.13. The van der Waals surface area contributed by atoms with E-state index in [9.17, 15) is 13.2 Å². The summed E-state index contributed by atoms with van der Waals surface area (Å²) in [7, 11) is -1.28. The molecule has 0 bridgehead atoms. The van der Waals surface area contributed by atoms with Crippen molar-refractivity contribution in [3.05, 3.63) is 18.2 Å². The molecule has 1 unspecified atom stereocenters. The lowest BCUT2D eigenvalue weighted by Crippen LogP contribution is -2.51. The molecule has 1 atom stereocenters. The number of amides is 1. The number of imidazole rings is 1. The van der Waals surface area contributed by atoms with Crippen molar-refractivity contribution in [2.75, 3.05) is 32.5 Å². The summed E-state index contributed by atoms with van der Waals surface area (Å²) in [5.41, 5.74) is 0.312. The molecule has 9 heteroatoms. The van der Waals surface area contributed by atoms with Gasteiger partial charge in [-0.3, -0.25) is 4.79 Å². The molecule has 1 amide bonds. The van der Waals surface area contributed by atoms with Crippen LogP contribution >= 0.6 is 0 Å². The SMILES string of the molecule is Cn1cnc(C(=O)N2CCC3(CC2)CC(CCNS(C)(=O)=O)CCO3)c1. The van der Waals surface area contributed by atoms with Gasteiger partial charge < -0.3 is 14.2 Å². The van der Waals surface area contributed by atoms with Crippen molar-refractivity contribution in [3.8, 4) is 0 Å². The number of ether oxygens (including phenoxy) is 1. The molecule has 0 aliphatic carbocycles.